The van der Waals surface area contributed by atoms with Gasteiger partial charge in [0.05, 0.1) is 23.3 Å². The van der Waals surface area contributed by atoms with Crippen molar-refractivity contribution in [2.24, 2.45) is 5.92 Å². The van der Waals surface area contributed by atoms with Crippen LogP contribution in [0.5, 0.6) is 0 Å². The molecule has 0 bridgehead atoms. The Labute approximate surface area is 204 Å². The first-order valence-corrected chi connectivity index (χ1v) is 12.0. The van der Waals surface area contributed by atoms with Crippen LogP contribution in [0.4, 0.5) is 0 Å². The molecule has 3 aromatic rings. The van der Waals surface area contributed by atoms with Gasteiger partial charge in [-0.3, -0.25) is 14.3 Å². The molecule has 8 heteroatoms. The van der Waals surface area contributed by atoms with Crippen LogP contribution in [0.25, 0.3) is 5.69 Å². The Balaban J connectivity index is 1.77. The predicted molar refractivity (Wildman–Crippen MR) is 132 cm³/mol. The van der Waals surface area contributed by atoms with Gasteiger partial charge in [-0.05, 0) is 70.2 Å². The molecule has 174 valence electrons. The third-order valence-corrected chi connectivity index (χ3v) is 6.74. The average molecular weight is 486 g/mol. The second kappa shape index (κ2) is 10.3. The van der Waals surface area contributed by atoms with Crippen LogP contribution in [0, 0.1) is 5.92 Å². The van der Waals surface area contributed by atoms with Crippen LogP contribution in [0.15, 0.2) is 42.5 Å². The first-order chi connectivity index (χ1) is 15.9. The normalized spacial score (nSPS) is 14.6. The summed E-state index contributed by atoms with van der Waals surface area (Å²) in [7, 11) is 3.99. The Hall–Kier alpha value is -2.25. The summed E-state index contributed by atoms with van der Waals surface area (Å²) in [5, 5.41) is 13.4. The first-order valence-electron chi connectivity index (χ1n) is 11.3. The number of benzene rings is 2. The second-order valence-corrected chi connectivity index (χ2v) is 9.67. The standard InChI is InChI=1S/C25H29Cl2N5O/c1-16(31(2)3)25-30-29-23(15-28-13-12-17-8-9-17)32(25)22-11-10-18(26)14-20(22)24(33)19-6-4-5-7-21(19)27/h4-7,10-11,14,16-17,28H,8-9,12-13,15H2,1-3H3. The molecule has 2 aromatic carbocycles. The Bertz CT molecular complexity index is 1140. The minimum atomic E-state index is -0.192. The molecule has 6 nitrogen and oxygen atoms in total. The van der Waals surface area contributed by atoms with Crippen molar-refractivity contribution < 1.29 is 4.79 Å². The van der Waals surface area contributed by atoms with Gasteiger partial charge in [0, 0.05) is 16.1 Å². The van der Waals surface area contributed by atoms with Crippen LogP contribution in [0.1, 0.15) is 59.8 Å². The molecule has 1 heterocycles. The summed E-state index contributed by atoms with van der Waals surface area (Å²) in [6, 6.07) is 12.4. The van der Waals surface area contributed by atoms with Crippen LogP contribution in [0.3, 0.4) is 0 Å². The highest BCUT2D eigenvalue weighted by Gasteiger charge is 2.25. The fourth-order valence-corrected chi connectivity index (χ4v) is 4.19. The zero-order valence-corrected chi connectivity index (χ0v) is 20.7. The fraction of sp³-hybridized carbons (Fsp3) is 0.400. The Morgan fingerprint density at radius 2 is 1.91 bits per heavy atom. The summed E-state index contributed by atoms with van der Waals surface area (Å²) in [6.45, 7) is 3.56. The Morgan fingerprint density at radius 1 is 1.15 bits per heavy atom. The van der Waals surface area contributed by atoms with Crippen LogP contribution < -0.4 is 5.32 Å². The number of ketones is 1. The van der Waals surface area contributed by atoms with Crippen molar-refractivity contribution in [1.82, 2.24) is 25.0 Å². The number of carbonyl (C=O) groups is 1. The number of hydrogen-bond acceptors (Lipinski definition) is 5. The molecule has 0 aliphatic heterocycles. The van der Waals surface area contributed by atoms with Gasteiger partial charge < -0.3 is 5.32 Å². The second-order valence-electron chi connectivity index (χ2n) is 8.83. The van der Waals surface area contributed by atoms with E-state index in [1.165, 1.54) is 19.3 Å². The molecule has 0 amide bonds. The predicted octanol–water partition coefficient (Wildman–Crippen LogP) is 5.32. The van der Waals surface area contributed by atoms with E-state index in [0.29, 0.717) is 33.4 Å². The Kier molecular flexibility index (Phi) is 7.49. The monoisotopic (exact) mass is 485 g/mol. The van der Waals surface area contributed by atoms with Gasteiger partial charge in [-0.2, -0.15) is 0 Å². The van der Waals surface area contributed by atoms with E-state index in [-0.39, 0.29) is 11.8 Å². The molecule has 1 saturated carbocycles. The van der Waals surface area contributed by atoms with E-state index >= 15 is 0 Å². The van der Waals surface area contributed by atoms with Crippen LogP contribution in [0.2, 0.25) is 10.0 Å². The van der Waals surface area contributed by atoms with Gasteiger partial charge in [0.25, 0.3) is 0 Å². The molecule has 1 atom stereocenters. The highest BCUT2D eigenvalue weighted by Crippen LogP contribution is 2.32. The van der Waals surface area contributed by atoms with Crippen LogP contribution in [-0.4, -0.2) is 46.1 Å². The van der Waals surface area contributed by atoms with Gasteiger partial charge in [0.2, 0.25) is 0 Å². The van der Waals surface area contributed by atoms with E-state index in [1.807, 2.05) is 24.7 Å². The summed E-state index contributed by atoms with van der Waals surface area (Å²) in [4.78, 5) is 15.6. The number of carbonyl (C=O) groups excluding carboxylic acids is 1. The third kappa shape index (κ3) is 5.46. The average Bonchev–Trinajstić information content (AvgIpc) is 3.54. The lowest BCUT2D eigenvalue weighted by atomic mass is 10.0. The van der Waals surface area contributed by atoms with E-state index < -0.39 is 0 Å². The number of nitrogens with one attached hydrogen (secondary N) is 1. The number of rotatable bonds is 10. The number of halogens is 2. The van der Waals surface area contributed by atoms with Crippen molar-refractivity contribution in [2.45, 2.75) is 38.8 Å². The van der Waals surface area contributed by atoms with E-state index in [0.717, 1.165) is 24.1 Å². The third-order valence-electron chi connectivity index (χ3n) is 6.18. The van der Waals surface area contributed by atoms with Crippen LogP contribution >= 0.6 is 23.2 Å². The Morgan fingerprint density at radius 3 is 2.61 bits per heavy atom. The maximum Gasteiger partial charge on any atom is 0.196 e. The molecule has 1 fully saturated rings. The minimum Gasteiger partial charge on any atom is -0.310 e. The van der Waals surface area contributed by atoms with Crippen molar-refractivity contribution in [2.75, 3.05) is 20.6 Å². The van der Waals surface area contributed by atoms with E-state index in [1.54, 1.807) is 36.4 Å². The summed E-state index contributed by atoms with van der Waals surface area (Å²) in [5.41, 5.74) is 1.58. The quantitative estimate of drug-likeness (QED) is 0.311. The lowest BCUT2D eigenvalue weighted by molar-refractivity contribution is 0.103. The molecule has 0 spiro atoms. The van der Waals surface area contributed by atoms with Crippen molar-refractivity contribution >= 4 is 29.0 Å². The van der Waals surface area contributed by atoms with Gasteiger partial charge in [-0.25, -0.2) is 0 Å². The molecule has 1 aliphatic carbocycles. The topological polar surface area (TPSA) is 63.1 Å². The van der Waals surface area contributed by atoms with Gasteiger partial charge in [-0.1, -0.05) is 48.2 Å². The molecule has 1 unspecified atom stereocenters. The number of hydrogen-bond donors (Lipinski definition) is 1. The van der Waals surface area contributed by atoms with Gasteiger partial charge >= 0.3 is 0 Å². The summed E-state index contributed by atoms with van der Waals surface area (Å²) in [5.74, 6) is 2.18. The molecule has 1 N–H and O–H groups in total. The largest absolute Gasteiger partial charge is 0.310 e. The first kappa shape index (κ1) is 23.9. The molecular weight excluding hydrogens is 457 g/mol. The molecule has 1 aliphatic rings. The molecule has 0 saturated heterocycles. The molecule has 33 heavy (non-hydrogen) atoms. The maximum atomic E-state index is 13.6. The van der Waals surface area contributed by atoms with Crippen molar-refractivity contribution in [3.05, 3.63) is 75.3 Å². The zero-order valence-electron chi connectivity index (χ0n) is 19.2. The number of nitrogens with zero attached hydrogens (tertiary/aromatic N) is 4. The fourth-order valence-electron chi connectivity index (χ4n) is 3.80. The molecular formula is C25H29Cl2N5O. The molecule has 0 radical (unpaired) electrons. The lowest BCUT2D eigenvalue weighted by Gasteiger charge is -2.22. The van der Waals surface area contributed by atoms with E-state index in [9.17, 15) is 4.79 Å². The van der Waals surface area contributed by atoms with Gasteiger partial charge in [-0.15, -0.1) is 10.2 Å². The van der Waals surface area contributed by atoms with E-state index in [2.05, 4.69) is 27.3 Å². The summed E-state index contributed by atoms with van der Waals surface area (Å²) in [6.07, 6.45) is 3.84. The highest BCUT2D eigenvalue weighted by molar-refractivity contribution is 6.35. The number of aromatic nitrogens is 3. The summed E-state index contributed by atoms with van der Waals surface area (Å²) < 4.78 is 1.98. The van der Waals surface area contributed by atoms with E-state index in [4.69, 9.17) is 23.2 Å². The summed E-state index contributed by atoms with van der Waals surface area (Å²) >= 11 is 12.7. The van der Waals surface area contributed by atoms with Crippen molar-refractivity contribution in [3.8, 4) is 5.69 Å². The lowest BCUT2D eigenvalue weighted by Crippen LogP contribution is -2.23. The van der Waals surface area contributed by atoms with Crippen LogP contribution in [-0.2, 0) is 6.54 Å². The van der Waals surface area contributed by atoms with Gasteiger partial charge in [0.1, 0.15) is 0 Å². The maximum absolute atomic E-state index is 13.6. The van der Waals surface area contributed by atoms with Crippen molar-refractivity contribution in [3.63, 3.8) is 0 Å². The molecule has 4 rings (SSSR count). The zero-order chi connectivity index (χ0) is 23.5. The highest BCUT2D eigenvalue weighted by atomic mass is 35.5. The molecule has 1 aromatic heterocycles. The minimum absolute atomic E-state index is 0.0170. The van der Waals surface area contributed by atoms with Gasteiger partial charge in [0.15, 0.2) is 17.4 Å². The van der Waals surface area contributed by atoms with Crippen molar-refractivity contribution in [1.29, 1.82) is 0 Å². The smallest absolute Gasteiger partial charge is 0.196 e. The SMILES string of the molecule is CC(c1nnc(CNCCC2CC2)n1-c1ccc(Cl)cc1C(=O)c1ccccc1Cl)N(C)C.